The fourth-order valence-corrected chi connectivity index (χ4v) is 2.46. The fourth-order valence-electron chi connectivity index (χ4n) is 0.855. The van der Waals surface area contributed by atoms with Crippen LogP contribution in [0.25, 0.3) is 0 Å². The standard InChI is InChI=1S/C10H14O2S2/c1-7(11)8(2)14-6-9(12)10-4-3-5-13-10/h3-5,7-8,11H,6H2,1-2H3. The molecule has 14 heavy (non-hydrogen) atoms. The van der Waals surface area contributed by atoms with Crippen molar-refractivity contribution in [1.29, 1.82) is 0 Å². The Morgan fingerprint density at radius 3 is 2.86 bits per heavy atom. The largest absolute Gasteiger partial charge is 0.392 e. The summed E-state index contributed by atoms with van der Waals surface area (Å²) in [6, 6.07) is 3.71. The van der Waals surface area contributed by atoms with Crippen molar-refractivity contribution >= 4 is 28.9 Å². The summed E-state index contributed by atoms with van der Waals surface area (Å²) in [6.07, 6.45) is -0.365. The van der Waals surface area contributed by atoms with Crippen LogP contribution in [-0.4, -0.2) is 28.0 Å². The quantitative estimate of drug-likeness (QED) is 0.789. The monoisotopic (exact) mass is 230 g/mol. The molecule has 4 heteroatoms. The minimum atomic E-state index is -0.365. The molecular formula is C10H14O2S2. The number of carbonyl (C=O) groups is 1. The maximum atomic E-state index is 11.5. The van der Waals surface area contributed by atoms with Gasteiger partial charge in [-0.25, -0.2) is 0 Å². The van der Waals surface area contributed by atoms with Crippen molar-refractivity contribution in [2.75, 3.05) is 5.75 Å². The number of hydrogen-bond donors (Lipinski definition) is 1. The molecule has 1 N–H and O–H groups in total. The Balaban J connectivity index is 2.36. The van der Waals surface area contributed by atoms with Crippen molar-refractivity contribution < 1.29 is 9.90 Å². The van der Waals surface area contributed by atoms with Crippen molar-refractivity contribution in [3.05, 3.63) is 22.4 Å². The normalized spacial score (nSPS) is 15.1. The average molecular weight is 230 g/mol. The summed E-state index contributed by atoms with van der Waals surface area (Å²) in [5.41, 5.74) is 0. The van der Waals surface area contributed by atoms with E-state index in [0.717, 1.165) is 4.88 Å². The Labute approximate surface area is 92.3 Å². The Bertz CT molecular complexity index is 280. The van der Waals surface area contributed by atoms with Crippen LogP contribution in [0.4, 0.5) is 0 Å². The molecular weight excluding hydrogens is 216 g/mol. The lowest BCUT2D eigenvalue weighted by molar-refractivity contribution is 0.102. The minimum absolute atomic E-state index is 0.110. The predicted molar refractivity (Wildman–Crippen MR) is 62.3 cm³/mol. The van der Waals surface area contributed by atoms with Crippen molar-refractivity contribution in [1.82, 2.24) is 0 Å². The molecule has 0 aliphatic rings. The molecule has 0 aliphatic carbocycles. The van der Waals surface area contributed by atoms with Crippen molar-refractivity contribution in [2.24, 2.45) is 0 Å². The maximum absolute atomic E-state index is 11.5. The molecule has 0 radical (unpaired) electrons. The Morgan fingerprint density at radius 1 is 1.64 bits per heavy atom. The van der Waals surface area contributed by atoms with Crippen LogP contribution in [0.5, 0.6) is 0 Å². The third-order valence-electron chi connectivity index (χ3n) is 1.95. The van der Waals surface area contributed by atoms with E-state index in [1.54, 1.807) is 6.92 Å². The highest BCUT2D eigenvalue weighted by Gasteiger charge is 2.13. The van der Waals surface area contributed by atoms with E-state index >= 15 is 0 Å². The molecule has 0 aliphatic heterocycles. The Morgan fingerprint density at radius 2 is 2.36 bits per heavy atom. The van der Waals surface area contributed by atoms with Crippen LogP contribution in [0.1, 0.15) is 23.5 Å². The van der Waals surface area contributed by atoms with Gasteiger partial charge in [-0.05, 0) is 18.4 Å². The van der Waals surface area contributed by atoms with Gasteiger partial charge < -0.3 is 5.11 Å². The second-order valence-electron chi connectivity index (χ2n) is 3.16. The van der Waals surface area contributed by atoms with E-state index < -0.39 is 0 Å². The molecule has 0 saturated carbocycles. The number of rotatable bonds is 5. The lowest BCUT2D eigenvalue weighted by Gasteiger charge is -2.12. The zero-order chi connectivity index (χ0) is 10.6. The van der Waals surface area contributed by atoms with E-state index in [1.165, 1.54) is 23.1 Å². The highest BCUT2D eigenvalue weighted by Crippen LogP contribution is 2.18. The van der Waals surface area contributed by atoms with Crippen LogP contribution in [0, 0.1) is 0 Å². The second-order valence-corrected chi connectivity index (χ2v) is 5.47. The fraction of sp³-hybridized carbons (Fsp3) is 0.500. The smallest absolute Gasteiger partial charge is 0.182 e. The van der Waals surface area contributed by atoms with E-state index in [2.05, 4.69) is 0 Å². The van der Waals surface area contributed by atoms with E-state index in [1.807, 2.05) is 24.4 Å². The van der Waals surface area contributed by atoms with Crippen molar-refractivity contribution in [3.63, 3.8) is 0 Å². The SMILES string of the molecule is CC(O)C(C)SCC(=O)c1cccs1. The molecule has 1 aromatic heterocycles. The average Bonchev–Trinajstić information content (AvgIpc) is 2.66. The number of carbonyl (C=O) groups excluding carboxylic acids is 1. The molecule has 78 valence electrons. The number of Topliss-reactive ketones (excluding diaryl/α,β-unsaturated/α-hetero) is 1. The number of hydrogen-bond acceptors (Lipinski definition) is 4. The first-order valence-electron chi connectivity index (χ1n) is 4.47. The van der Waals surface area contributed by atoms with Gasteiger partial charge in [0.25, 0.3) is 0 Å². The molecule has 0 fully saturated rings. The van der Waals surface area contributed by atoms with Crippen molar-refractivity contribution in [3.8, 4) is 0 Å². The number of ketones is 1. The zero-order valence-electron chi connectivity index (χ0n) is 8.27. The first kappa shape index (κ1) is 11.8. The zero-order valence-corrected chi connectivity index (χ0v) is 9.90. The molecule has 0 spiro atoms. The van der Waals surface area contributed by atoms with Gasteiger partial charge in [-0.1, -0.05) is 13.0 Å². The first-order valence-corrected chi connectivity index (χ1v) is 6.40. The predicted octanol–water partition coefficient (Wildman–Crippen LogP) is 2.43. The second kappa shape index (κ2) is 5.53. The summed E-state index contributed by atoms with van der Waals surface area (Å²) in [7, 11) is 0. The van der Waals surface area contributed by atoms with Crippen LogP contribution in [0.3, 0.4) is 0 Å². The summed E-state index contributed by atoms with van der Waals surface area (Å²) in [5.74, 6) is 0.601. The summed E-state index contributed by atoms with van der Waals surface area (Å²) < 4.78 is 0. The van der Waals surface area contributed by atoms with E-state index in [9.17, 15) is 9.90 Å². The van der Waals surface area contributed by atoms with Crippen molar-refractivity contribution in [2.45, 2.75) is 25.2 Å². The van der Waals surface area contributed by atoms with E-state index in [-0.39, 0.29) is 17.1 Å². The van der Waals surface area contributed by atoms with Gasteiger partial charge in [0.15, 0.2) is 5.78 Å². The highest BCUT2D eigenvalue weighted by atomic mass is 32.2. The summed E-state index contributed by atoms with van der Waals surface area (Å²) in [6.45, 7) is 3.67. The third kappa shape index (κ3) is 3.44. The molecule has 0 bridgehead atoms. The van der Waals surface area contributed by atoms with Gasteiger partial charge >= 0.3 is 0 Å². The minimum Gasteiger partial charge on any atom is -0.392 e. The molecule has 1 heterocycles. The summed E-state index contributed by atoms with van der Waals surface area (Å²) >= 11 is 2.96. The molecule has 0 amide bonds. The molecule has 1 rings (SSSR count). The van der Waals surface area contributed by atoms with E-state index in [0.29, 0.717) is 5.75 Å². The number of aliphatic hydroxyl groups excluding tert-OH is 1. The van der Waals surface area contributed by atoms with Crippen LogP contribution in [0.15, 0.2) is 17.5 Å². The lowest BCUT2D eigenvalue weighted by atomic mass is 10.3. The van der Waals surface area contributed by atoms with Crippen LogP contribution < -0.4 is 0 Å². The topological polar surface area (TPSA) is 37.3 Å². The number of thioether (sulfide) groups is 1. The van der Waals surface area contributed by atoms with Gasteiger partial charge in [0.1, 0.15) is 0 Å². The van der Waals surface area contributed by atoms with Gasteiger partial charge in [0.2, 0.25) is 0 Å². The molecule has 2 unspecified atom stereocenters. The maximum Gasteiger partial charge on any atom is 0.182 e. The summed E-state index contributed by atoms with van der Waals surface area (Å²) in [5, 5.41) is 11.2. The van der Waals surface area contributed by atoms with E-state index in [4.69, 9.17) is 0 Å². The molecule has 2 atom stereocenters. The summed E-state index contributed by atoms with van der Waals surface area (Å²) in [4.78, 5) is 12.3. The van der Waals surface area contributed by atoms with Gasteiger partial charge in [0.05, 0.1) is 16.7 Å². The van der Waals surface area contributed by atoms with Gasteiger partial charge in [-0.2, -0.15) is 0 Å². The third-order valence-corrected chi connectivity index (χ3v) is 4.21. The molecule has 1 aromatic rings. The van der Waals surface area contributed by atoms with Crippen LogP contribution in [0.2, 0.25) is 0 Å². The molecule has 0 saturated heterocycles. The van der Waals surface area contributed by atoms with Gasteiger partial charge in [-0.3, -0.25) is 4.79 Å². The Hall–Kier alpha value is -0.320. The van der Waals surface area contributed by atoms with Crippen LogP contribution in [-0.2, 0) is 0 Å². The number of aliphatic hydroxyl groups is 1. The highest BCUT2D eigenvalue weighted by molar-refractivity contribution is 8.00. The molecule has 2 nitrogen and oxygen atoms in total. The molecule has 0 aromatic carbocycles. The van der Waals surface area contributed by atoms with Gasteiger partial charge in [-0.15, -0.1) is 23.1 Å². The number of thiophene rings is 1. The van der Waals surface area contributed by atoms with Gasteiger partial charge in [0, 0.05) is 5.25 Å². The Kier molecular flexibility index (Phi) is 4.65. The lowest BCUT2D eigenvalue weighted by Crippen LogP contribution is -2.17. The first-order chi connectivity index (χ1) is 6.61. The van der Waals surface area contributed by atoms with Crippen LogP contribution >= 0.6 is 23.1 Å².